The van der Waals surface area contributed by atoms with Crippen molar-refractivity contribution in [3.05, 3.63) is 53.5 Å². The van der Waals surface area contributed by atoms with Gasteiger partial charge in [-0.15, -0.1) is 12.4 Å². The Kier molecular flexibility index (Phi) is 7.65. The molecule has 3 rings (SSSR count). The van der Waals surface area contributed by atoms with Crippen LogP contribution in [0.3, 0.4) is 0 Å². The number of furan rings is 1. The molecule has 28 heavy (non-hydrogen) atoms. The first-order valence-corrected chi connectivity index (χ1v) is 10.6. The van der Waals surface area contributed by atoms with Crippen LogP contribution in [0.5, 0.6) is 0 Å². The number of carbonyl (C=O) groups is 1. The second-order valence-corrected chi connectivity index (χ2v) is 8.53. The monoisotopic (exact) mass is 427 g/mol. The molecule has 2 N–H and O–H groups in total. The predicted octanol–water partition coefficient (Wildman–Crippen LogP) is 2.26. The Labute approximate surface area is 171 Å². The van der Waals surface area contributed by atoms with Crippen LogP contribution in [0.4, 0.5) is 0 Å². The third-order valence-corrected chi connectivity index (χ3v) is 6.64. The number of hydrogen-bond donors (Lipinski definition) is 1. The van der Waals surface area contributed by atoms with Crippen molar-refractivity contribution in [3.8, 4) is 0 Å². The summed E-state index contributed by atoms with van der Waals surface area (Å²) in [6.07, 6.45) is 3.35. The van der Waals surface area contributed by atoms with Crippen LogP contribution in [-0.2, 0) is 23.0 Å². The van der Waals surface area contributed by atoms with Crippen molar-refractivity contribution in [2.75, 3.05) is 26.2 Å². The molecule has 0 spiro atoms. The number of piperazine rings is 1. The highest BCUT2D eigenvalue weighted by atomic mass is 35.5. The van der Waals surface area contributed by atoms with Crippen LogP contribution in [0.15, 0.2) is 45.9 Å². The Morgan fingerprint density at radius 2 is 1.79 bits per heavy atom. The fourth-order valence-electron chi connectivity index (χ4n) is 3.18. The number of nitrogens with zero attached hydrogens (tertiary/aromatic N) is 2. The standard InChI is InChI=1S/C19H25N3O4S.ClH/c1-2-3-15-4-6-18(7-5-15)27(24,25)22-10-8-21(9-11-22)19(23)16-12-17(13-20)26-14-16;/h4-7,12,14H,2-3,8-11,13,20H2,1H3;1H. The van der Waals surface area contributed by atoms with Crippen LogP contribution >= 0.6 is 12.4 Å². The van der Waals surface area contributed by atoms with Crippen molar-refractivity contribution in [1.82, 2.24) is 9.21 Å². The lowest BCUT2D eigenvalue weighted by atomic mass is 10.1. The molecule has 0 bridgehead atoms. The summed E-state index contributed by atoms with van der Waals surface area (Å²) in [5.74, 6) is 0.380. The molecule has 154 valence electrons. The third kappa shape index (κ3) is 4.75. The van der Waals surface area contributed by atoms with Crippen molar-refractivity contribution in [3.63, 3.8) is 0 Å². The zero-order chi connectivity index (χ0) is 19.4. The lowest BCUT2D eigenvalue weighted by Crippen LogP contribution is -2.50. The van der Waals surface area contributed by atoms with E-state index in [9.17, 15) is 13.2 Å². The van der Waals surface area contributed by atoms with Crippen molar-refractivity contribution >= 4 is 28.3 Å². The molecule has 0 radical (unpaired) electrons. The fourth-order valence-corrected chi connectivity index (χ4v) is 4.60. The van der Waals surface area contributed by atoms with E-state index < -0.39 is 10.0 Å². The number of benzene rings is 1. The molecular formula is C19H26ClN3O4S. The average Bonchev–Trinajstić information content (AvgIpc) is 3.17. The summed E-state index contributed by atoms with van der Waals surface area (Å²) in [6, 6.07) is 8.69. The van der Waals surface area contributed by atoms with E-state index >= 15 is 0 Å². The summed E-state index contributed by atoms with van der Waals surface area (Å²) in [7, 11) is -3.55. The highest BCUT2D eigenvalue weighted by Gasteiger charge is 2.30. The van der Waals surface area contributed by atoms with E-state index in [0.29, 0.717) is 29.3 Å². The van der Waals surface area contributed by atoms with Gasteiger partial charge in [-0.05, 0) is 30.2 Å². The Morgan fingerprint density at radius 1 is 1.14 bits per heavy atom. The van der Waals surface area contributed by atoms with E-state index in [2.05, 4.69) is 6.92 Å². The predicted molar refractivity (Wildman–Crippen MR) is 109 cm³/mol. The number of nitrogens with two attached hydrogens (primary N) is 1. The van der Waals surface area contributed by atoms with Gasteiger partial charge < -0.3 is 15.1 Å². The van der Waals surface area contributed by atoms with Crippen LogP contribution in [0.1, 0.15) is 35.0 Å². The van der Waals surface area contributed by atoms with E-state index in [-0.39, 0.29) is 37.9 Å². The minimum absolute atomic E-state index is 0. The molecular weight excluding hydrogens is 402 g/mol. The zero-order valence-corrected chi connectivity index (χ0v) is 17.5. The Morgan fingerprint density at radius 3 is 2.32 bits per heavy atom. The zero-order valence-electron chi connectivity index (χ0n) is 15.8. The number of carbonyl (C=O) groups excluding carboxylic acids is 1. The lowest BCUT2D eigenvalue weighted by molar-refractivity contribution is 0.0697. The van der Waals surface area contributed by atoms with Gasteiger partial charge in [0.05, 0.1) is 17.0 Å². The summed E-state index contributed by atoms with van der Waals surface area (Å²) in [4.78, 5) is 14.4. The summed E-state index contributed by atoms with van der Waals surface area (Å²) in [5.41, 5.74) is 7.07. The Bertz CT molecular complexity index is 888. The summed E-state index contributed by atoms with van der Waals surface area (Å²) < 4.78 is 32.3. The molecule has 0 saturated carbocycles. The topological polar surface area (TPSA) is 96.9 Å². The van der Waals surface area contributed by atoms with E-state index in [0.717, 1.165) is 18.4 Å². The van der Waals surface area contributed by atoms with Gasteiger partial charge >= 0.3 is 0 Å². The van der Waals surface area contributed by atoms with Gasteiger partial charge in [0.1, 0.15) is 12.0 Å². The van der Waals surface area contributed by atoms with Crippen molar-refractivity contribution < 1.29 is 17.6 Å². The van der Waals surface area contributed by atoms with Gasteiger partial charge in [0.2, 0.25) is 10.0 Å². The molecule has 1 saturated heterocycles. The Balaban J connectivity index is 0.00000280. The number of sulfonamides is 1. The first-order chi connectivity index (χ1) is 13.0. The lowest BCUT2D eigenvalue weighted by Gasteiger charge is -2.33. The van der Waals surface area contributed by atoms with E-state index in [1.807, 2.05) is 12.1 Å². The molecule has 0 aliphatic carbocycles. The van der Waals surface area contributed by atoms with Crippen molar-refractivity contribution in [2.45, 2.75) is 31.2 Å². The molecule has 1 aromatic carbocycles. The SMILES string of the molecule is CCCc1ccc(S(=O)(=O)N2CCN(C(=O)c3coc(CN)c3)CC2)cc1.Cl. The van der Waals surface area contributed by atoms with Gasteiger partial charge in [0.25, 0.3) is 5.91 Å². The maximum absolute atomic E-state index is 12.8. The Hall–Kier alpha value is -1.87. The van der Waals surface area contributed by atoms with Crippen LogP contribution in [-0.4, -0.2) is 49.7 Å². The smallest absolute Gasteiger partial charge is 0.257 e. The number of halogens is 1. The fraction of sp³-hybridized carbons (Fsp3) is 0.421. The molecule has 1 aromatic heterocycles. The first kappa shape index (κ1) is 22.4. The van der Waals surface area contributed by atoms with Crippen LogP contribution in [0, 0.1) is 0 Å². The van der Waals surface area contributed by atoms with Crippen LogP contribution in [0.2, 0.25) is 0 Å². The molecule has 1 aliphatic heterocycles. The molecule has 7 nitrogen and oxygen atoms in total. The largest absolute Gasteiger partial charge is 0.467 e. The number of amides is 1. The van der Waals surface area contributed by atoms with Crippen molar-refractivity contribution in [1.29, 1.82) is 0 Å². The normalized spacial score (nSPS) is 15.3. The molecule has 0 unspecified atom stereocenters. The minimum atomic E-state index is -3.55. The van der Waals surface area contributed by atoms with Crippen LogP contribution < -0.4 is 5.73 Å². The molecule has 1 amide bonds. The van der Waals surface area contributed by atoms with Gasteiger partial charge in [-0.2, -0.15) is 4.31 Å². The van der Waals surface area contributed by atoms with E-state index in [4.69, 9.17) is 10.2 Å². The number of hydrogen-bond acceptors (Lipinski definition) is 5. The molecule has 9 heteroatoms. The molecule has 0 atom stereocenters. The summed E-state index contributed by atoms with van der Waals surface area (Å²) in [6.45, 7) is 3.55. The second-order valence-electron chi connectivity index (χ2n) is 6.60. The maximum Gasteiger partial charge on any atom is 0.257 e. The van der Waals surface area contributed by atoms with Crippen molar-refractivity contribution in [2.24, 2.45) is 5.73 Å². The molecule has 1 aliphatic rings. The van der Waals surface area contributed by atoms with Crippen LogP contribution in [0.25, 0.3) is 0 Å². The summed E-state index contributed by atoms with van der Waals surface area (Å²) >= 11 is 0. The van der Waals surface area contributed by atoms with E-state index in [1.165, 1.54) is 10.6 Å². The quantitative estimate of drug-likeness (QED) is 0.762. The third-order valence-electron chi connectivity index (χ3n) is 4.73. The molecule has 2 heterocycles. The highest BCUT2D eigenvalue weighted by molar-refractivity contribution is 7.89. The van der Waals surface area contributed by atoms with Gasteiger partial charge in [-0.1, -0.05) is 25.5 Å². The summed E-state index contributed by atoms with van der Waals surface area (Å²) in [5, 5.41) is 0. The molecule has 1 fully saturated rings. The average molecular weight is 428 g/mol. The maximum atomic E-state index is 12.8. The van der Waals surface area contributed by atoms with Gasteiger partial charge in [0, 0.05) is 26.2 Å². The van der Waals surface area contributed by atoms with Gasteiger partial charge in [0.15, 0.2) is 0 Å². The number of rotatable bonds is 6. The highest BCUT2D eigenvalue weighted by Crippen LogP contribution is 2.20. The number of aryl methyl sites for hydroxylation is 1. The first-order valence-electron chi connectivity index (χ1n) is 9.11. The van der Waals surface area contributed by atoms with Gasteiger partial charge in [-0.25, -0.2) is 8.42 Å². The van der Waals surface area contributed by atoms with E-state index in [1.54, 1.807) is 23.1 Å². The second kappa shape index (κ2) is 9.56. The van der Waals surface area contributed by atoms with Gasteiger partial charge in [-0.3, -0.25) is 4.79 Å². The minimum Gasteiger partial charge on any atom is -0.467 e. The molecule has 2 aromatic rings.